The van der Waals surface area contributed by atoms with E-state index in [-0.39, 0.29) is 164 Å². The van der Waals surface area contributed by atoms with E-state index in [0.29, 0.717) is 56.2 Å². The minimum absolute atomic E-state index is 0.0492. The highest BCUT2D eigenvalue weighted by atomic mass is 32.3. The lowest BCUT2D eigenvalue weighted by atomic mass is 10.1. The molecule has 14 N–H and O–H groups in total. The number of fused-ring (bicyclic) bond motifs is 1. The molecule has 0 saturated carbocycles. The van der Waals surface area contributed by atoms with Gasteiger partial charge in [-0.15, -0.1) is 0 Å². The molecule has 0 spiro atoms. The summed E-state index contributed by atoms with van der Waals surface area (Å²) in [5, 5.41) is 51.9. The number of carboxylic acid groups (broad SMARTS) is 4. The van der Waals surface area contributed by atoms with Crippen molar-refractivity contribution >= 4 is 85.3 Å². The Labute approximate surface area is 555 Å². The van der Waals surface area contributed by atoms with Gasteiger partial charge in [0, 0.05) is 129 Å². The second kappa shape index (κ2) is 40.0. The summed E-state index contributed by atoms with van der Waals surface area (Å²) in [6, 6.07) is 4.64. The number of anilines is 1. The van der Waals surface area contributed by atoms with Gasteiger partial charge in [0.05, 0.1) is 86.2 Å². The molecule has 2 aromatic carbocycles. The highest BCUT2D eigenvalue weighted by molar-refractivity contribution is 8.19. The van der Waals surface area contributed by atoms with Gasteiger partial charge in [0.25, 0.3) is 5.91 Å². The van der Waals surface area contributed by atoms with E-state index in [2.05, 4.69) is 41.3 Å². The van der Waals surface area contributed by atoms with Crippen LogP contribution in [0.3, 0.4) is 0 Å². The van der Waals surface area contributed by atoms with Crippen LogP contribution in [-0.4, -0.2) is 286 Å². The monoisotopic (exact) mass is 1400 g/mol. The van der Waals surface area contributed by atoms with Crippen LogP contribution in [-0.2, 0) is 71.4 Å². The van der Waals surface area contributed by atoms with Crippen molar-refractivity contribution in [2.24, 2.45) is 7.05 Å². The Bertz CT molecular complexity index is 3360. The number of carbonyl (C=O) groups is 8. The molecule has 1 aliphatic heterocycles. The third-order valence-corrected chi connectivity index (χ3v) is 17.3. The summed E-state index contributed by atoms with van der Waals surface area (Å²) in [6.45, 7) is 4.44. The Morgan fingerprint density at radius 2 is 1.19 bits per heavy atom. The van der Waals surface area contributed by atoms with Gasteiger partial charge < -0.3 is 89.2 Å². The number of sulfonamides is 1. The van der Waals surface area contributed by atoms with E-state index in [1.54, 1.807) is 61.8 Å². The maximum absolute atomic E-state index is 13.6. The number of nitrogens with zero attached hydrogens (tertiary/aromatic N) is 6. The normalized spacial score (nSPS) is 14.9. The molecule has 3 heterocycles. The van der Waals surface area contributed by atoms with Crippen molar-refractivity contribution in [1.29, 1.82) is 0 Å². The summed E-state index contributed by atoms with van der Waals surface area (Å²) in [4.78, 5) is 126. The first kappa shape index (κ1) is 78.8. The Hall–Kier alpha value is -7.92. The van der Waals surface area contributed by atoms with Crippen molar-refractivity contribution in [2.75, 3.05) is 155 Å². The largest absolute Gasteiger partial charge is 0.494 e. The van der Waals surface area contributed by atoms with Gasteiger partial charge in [-0.1, -0.05) is 6.07 Å². The topological polar surface area (TPSA) is 485 Å². The molecule has 0 bridgehead atoms. The highest BCUT2D eigenvalue weighted by Crippen LogP contribution is 2.33. The number of pyridine rings is 1. The number of aromatic amines is 1. The molecule has 1 unspecified atom stereocenters. The van der Waals surface area contributed by atoms with Crippen LogP contribution in [0.4, 0.5) is 5.95 Å². The lowest BCUT2D eigenvalue weighted by Crippen LogP contribution is -2.53. The number of benzene rings is 2. The van der Waals surface area contributed by atoms with Gasteiger partial charge in [-0.05, 0) is 74.1 Å². The molecule has 0 aliphatic carbocycles. The second-order valence-corrected chi connectivity index (χ2v) is 25.8. The molecule has 2 aromatic heterocycles. The number of aliphatic carboxylic acids is 4. The standard InChI is InChI=1S/C59H89N13O22S2/c1-40-29-43(30-41(2)55(40)96(89,90)67-46(58(84)85)33-64-56(82)45-34-68(3)48-31-42(8-9-44(48)54(45)81)32-65-59-62-12-13-63-59)94-24-4-7-49(73)60-10-5-22-91-25-27-93-28-26-92-23-6-11-61-57(83)47(39-95(86,87)88)66-50(74)35-69-14-16-70(36-51(75)76)18-20-72(38-53(79)80)21-19-71(17-15-69)37-52(77)78/h8-9,12-13,29-31,34,46-47,67,86-88H,4-7,10-11,14-28,32-33,35-39H2,1-3H3,(H,60,73)(H,61,83)(H,64,82)(H,66,74)(H,75,76)(H,77,78)(H,79,80)(H,84,85)(H2,62,63,65)/t46?,47-/m1/s1. The SMILES string of the molecule is Cc1cc(OCCCC(=O)NCCCOCCOCCOCCCNC(=O)[C@@H](CS(O)(O)O)NC(=O)CN2CCN(CC(=O)O)CCN(CC(=O)O)CCN(CC(=O)O)CC2)cc(C)c1S(=O)(=O)NC(CNC(=O)c1cn(C)c2cc(CNc3ncc[nH]3)ccc2c1=O)C(=O)O. The molecular weight excluding hydrogens is 1310 g/mol. The number of nitrogens with one attached hydrogen (secondary N) is 7. The maximum atomic E-state index is 13.6. The predicted octanol–water partition coefficient (Wildman–Crippen LogP) is -0.943. The number of aromatic nitrogens is 3. The van der Waals surface area contributed by atoms with E-state index in [0.717, 1.165) is 5.56 Å². The van der Waals surface area contributed by atoms with Crippen molar-refractivity contribution in [3.05, 3.63) is 81.4 Å². The number of carboxylic acids is 4. The minimum Gasteiger partial charge on any atom is -0.494 e. The molecule has 1 fully saturated rings. The third-order valence-electron chi connectivity index (χ3n) is 14.8. The van der Waals surface area contributed by atoms with Crippen molar-refractivity contribution in [1.82, 2.24) is 60.1 Å². The van der Waals surface area contributed by atoms with Gasteiger partial charge in [0.2, 0.25) is 33.2 Å². The number of aryl methyl sites for hydroxylation is 3. The zero-order chi connectivity index (χ0) is 70.4. The Balaban J connectivity index is 0.915. The van der Waals surface area contributed by atoms with Crippen LogP contribution in [0, 0.1) is 13.8 Å². The van der Waals surface area contributed by atoms with E-state index in [1.165, 1.54) is 32.2 Å². The number of amides is 4. The molecular formula is C59H89N13O22S2. The second-order valence-electron chi connectivity index (χ2n) is 22.6. The Morgan fingerprint density at radius 3 is 1.70 bits per heavy atom. The third kappa shape index (κ3) is 28.8. The summed E-state index contributed by atoms with van der Waals surface area (Å²) >= 11 is 0. The molecule has 534 valence electrons. The van der Waals surface area contributed by atoms with Crippen molar-refractivity contribution in [3.8, 4) is 5.75 Å². The van der Waals surface area contributed by atoms with Crippen molar-refractivity contribution < 1.29 is 99.8 Å². The van der Waals surface area contributed by atoms with Gasteiger partial charge >= 0.3 is 23.9 Å². The summed E-state index contributed by atoms with van der Waals surface area (Å²) in [7, 11) is -7.10. The Morgan fingerprint density at radius 1 is 0.656 bits per heavy atom. The molecule has 1 aliphatic rings. The molecule has 4 aromatic rings. The van der Waals surface area contributed by atoms with Crippen molar-refractivity contribution in [2.45, 2.75) is 63.1 Å². The molecule has 1 saturated heterocycles. The van der Waals surface area contributed by atoms with Crippen LogP contribution in [0.2, 0.25) is 0 Å². The van der Waals surface area contributed by atoms with Crippen LogP contribution in [0.25, 0.3) is 10.9 Å². The zero-order valence-electron chi connectivity index (χ0n) is 53.8. The first-order valence-corrected chi connectivity index (χ1v) is 34.0. The lowest BCUT2D eigenvalue weighted by molar-refractivity contribution is -0.140. The average molecular weight is 1400 g/mol. The number of hydrogen-bond acceptors (Lipinski definition) is 24. The first-order valence-electron chi connectivity index (χ1n) is 30.8. The van der Waals surface area contributed by atoms with Crippen LogP contribution < -0.4 is 41.5 Å². The van der Waals surface area contributed by atoms with Crippen LogP contribution >= 0.6 is 10.9 Å². The van der Waals surface area contributed by atoms with Crippen LogP contribution in [0.15, 0.2) is 58.6 Å². The number of rotatable bonds is 41. The van der Waals surface area contributed by atoms with Gasteiger partial charge in [0.15, 0.2) is 5.95 Å². The van der Waals surface area contributed by atoms with Crippen LogP contribution in [0.1, 0.15) is 52.7 Å². The van der Waals surface area contributed by atoms with E-state index < -0.39 is 92.3 Å². The molecule has 35 nitrogen and oxygen atoms in total. The predicted molar refractivity (Wildman–Crippen MR) is 348 cm³/mol. The molecule has 96 heavy (non-hydrogen) atoms. The molecule has 0 radical (unpaired) electrons. The summed E-state index contributed by atoms with van der Waals surface area (Å²) in [6.07, 6.45) is 5.90. The number of imidazole rings is 1. The zero-order valence-corrected chi connectivity index (χ0v) is 55.5. The average Bonchev–Trinajstić information content (AvgIpc) is 0.850. The molecule has 5 rings (SSSR count). The highest BCUT2D eigenvalue weighted by Gasteiger charge is 2.31. The number of carbonyl (C=O) groups excluding carboxylic acids is 4. The van der Waals surface area contributed by atoms with Gasteiger partial charge in [0.1, 0.15) is 23.4 Å². The van der Waals surface area contributed by atoms with Crippen molar-refractivity contribution in [3.63, 3.8) is 0 Å². The smallest absolute Gasteiger partial charge is 0.323 e. The quantitative estimate of drug-likeness (QED) is 0.0238. The summed E-state index contributed by atoms with van der Waals surface area (Å²) in [5.41, 5.74) is 0.999. The number of H-pyrrole nitrogens is 1. The maximum Gasteiger partial charge on any atom is 0.323 e. The van der Waals surface area contributed by atoms with E-state index in [4.69, 9.17) is 18.9 Å². The first-order chi connectivity index (χ1) is 45.6. The fourth-order valence-electron chi connectivity index (χ4n) is 10.1. The van der Waals surface area contributed by atoms with Gasteiger partial charge in [-0.3, -0.25) is 62.8 Å². The summed E-state index contributed by atoms with van der Waals surface area (Å²) < 4.78 is 82.9. The molecule has 37 heteroatoms. The fraction of sp³-hybridized carbons (Fsp3) is 0.559. The lowest BCUT2D eigenvalue weighted by Gasteiger charge is -2.33. The minimum atomic E-state index is -4.48. The van der Waals surface area contributed by atoms with Crippen LogP contribution in [0.5, 0.6) is 5.75 Å². The fourth-order valence-corrected chi connectivity index (χ4v) is 12.4. The summed E-state index contributed by atoms with van der Waals surface area (Å²) in [5.74, 6) is -7.66. The number of ether oxygens (including phenoxy) is 4. The Kier molecular flexibility index (Phi) is 32.8. The molecule has 2 atom stereocenters. The van der Waals surface area contributed by atoms with E-state index in [9.17, 15) is 85.7 Å². The van der Waals surface area contributed by atoms with E-state index in [1.807, 2.05) is 0 Å². The van der Waals surface area contributed by atoms with Gasteiger partial charge in [-0.25, -0.2) is 13.4 Å². The number of hydrogen-bond donors (Lipinski definition) is 14. The van der Waals surface area contributed by atoms with E-state index >= 15 is 0 Å². The van der Waals surface area contributed by atoms with Gasteiger partial charge in [-0.2, -0.15) is 4.72 Å². The molecule has 4 amide bonds.